The van der Waals surface area contributed by atoms with Crippen LogP contribution < -0.4 is 0 Å². The molecule has 0 spiro atoms. The first-order valence-electron chi connectivity index (χ1n) is 2.18. The van der Waals surface area contributed by atoms with E-state index in [1.807, 2.05) is 0 Å². The van der Waals surface area contributed by atoms with Crippen molar-refractivity contribution in [3.63, 3.8) is 0 Å². The molecule has 9 heteroatoms. The highest BCUT2D eigenvalue weighted by molar-refractivity contribution is 7.90. The lowest BCUT2D eigenvalue weighted by Crippen LogP contribution is -2.23. The Balaban J connectivity index is 4.47. The van der Waals surface area contributed by atoms with Gasteiger partial charge in [0.1, 0.15) is 0 Å². The van der Waals surface area contributed by atoms with Gasteiger partial charge in [0.2, 0.25) is 10.0 Å². The summed E-state index contributed by atoms with van der Waals surface area (Å²) in [6.07, 6.45) is 1.37. The van der Waals surface area contributed by atoms with Crippen LogP contribution >= 0.6 is 11.8 Å². The van der Waals surface area contributed by atoms with E-state index in [9.17, 15) is 16.8 Å². The standard InChI is InChI=1S/C2H6ClNO5S2/c1-10(5,6)4(3)9-11(2,7)8/h1-2H3. The molecular formula is C2H6ClNO5S2. The van der Waals surface area contributed by atoms with Crippen LogP contribution in [0.15, 0.2) is 0 Å². The van der Waals surface area contributed by atoms with Crippen molar-refractivity contribution >= 4 is 31.9 Å². The van der Waals surface area contributed by atoms with Gasteiger partial charge in [0.25, 0.3) is 10.1 Å². The first kappa shape index (κ1) is 11.1. The van der Waals surface area contributed by atoms with Gasteiger partial charge in [0.05, 0.1) is 12.5 Å². The molecule has 0 aromatic rings. The Bertz CT molecular complexity index is 316. The van der Waals surface area contributed by atoms with Gasteiger partial charge in [0, 0.05) is 15.8 Å². The van der Waals surface area contributed by atoms with Crippen molar-refractivity contribution in [1.82, 2.24) is 3.99 Å². The molecule has 0 saturated heterocycles. The van der Waals surface area contributed by atoms with Crippen LogP contribution in [-0.2, 0) is 24.4 Å². The molecule has 0 radical (unpaired) electrons. The highest BCUT2D eigenvalue weighted by Gasteiger charge is 2.19. The van der Waals surface area contributed by atoms with Crippen LogP contribution in [0.1, 0.15) is 0 Å². The minimum absolute atomic E-state index is 0.248. The second-order valence-electron chi connectivity index (χ2n) is 1.72. The van der Waals surface area contributed by atoms with Gasteiger partial charge in [-0.3, -0.25) is 0 Å². The predicted molar refractivity (Wildman–Crippen MR) is 38.5 cm³/mol. The maximum absolute atomic E-state index is 10.4. The second kappa shape index (κ2) is 3.23. The highest BCUT2D eigenvalue weighted by Crippen LogP contribution is 2.05. The molecule has 0 bridgehead atoms. The van der Waals surface area contributed by atoms with Crippen LogP contribution in [0.5, 0.6) is 0 Å². The molecule has 11 heavy (non-hydrogen) atoms. The lowest BCUT2D eigenvalue weighted by atomic mass is 12.0. The minimum Gasteiger partial charge on any atom is -0.209 e. The van der Waals surface area contributed by atoms with Crippen LogP contribution in [-0.4, -0.2) is 33.3 Å². The van der Waals surface area contributed by atoms with Gasteiger partial charge in [-0.1, -0.05) is 0 Å². The number of rotatable bonds is 3. The van der Waals surface area contributed by atoms with E-state index in [0.717, 1.165) is 0 Å². The molecule has 0 fully saturated rings. The minimum atomic E-state index is -3.89. The van der Waals surface area contributed by atoms with Gasteiger partial charge in [0.15, 0.2) is 0 Å². The van der Waals surface area contributed by atoms with Crippen molar-refractivity contribution in [3.05, 3.63) is 0 Å². The Morgan fingerprint density at radius 2 is 1.55 bits per heavy atom. The molecule has 6 nitrogen and oxygen atoms in total. The largest absolute Gasteiger partial charge is 0.282 e. The fraction of sp³-hybridized carbons (Fsp3) is 1.00. The van der Waals surface area contributed by atoms with Crippen LogP contribution in [0.4, 0.5) is 0 Å². The molecule has 0 N–H and O–H groups in total. The summed E-state index contributed by atoms with van der Waals surface area (Å²) in [5.74, 6) is 0. The summed E-state index contributed by atoms with van der Waals surface area (Å²) in [4.78, 5) is 0. The summed E-state index contributed by atoms with van der Waals surface area (Å²) < 4.78 is 44.9. The van der Waals surface area contributed by atoms with Gasteiger partial charge in [-0.05, 0) is 0 Å². The second-order valence-corrected chi connectivity index (χ2v) is 5.59. The Morgan fingerprint density at radius 1 is 1.18 bits per heavy atom. The molecule has 0 atom stereocenters. The first-order chi connectivity index (χ1) is 4.63. The average Bonchev–Trinajstić information content (AvgIpc) is 1.56. The fourth-order valence-electron chi connectivity index (χ4n) is 0.162. The smallest absolute Gasteiger partial charge is 0.209 e. The summed E-state index contributed by atoms with van der Waals surface area (Å²) in [6, 6.07) is 0. The normalized spacial score (nSPS) is 13.8. The van der Waals surface area contributed by atoms with E-state index in [-0.39, 0.29) is 3.99 Å². The van der Waals surface area contributed by atoms with Gasteiger partial charge in [-0.25, -0.2) is 8.42 Å². The molecule has 0 unspecified atom stereocenters. The zero-order valence-electron chi connectivity index (χ0n) is 5.68. The lowest BCUT2D eigenvalue weighted by Gasteiger charge is -2.06. The summed E-state index contributed by atoms with van der Waals surface area (Å²) in [6.45, 7) is 0. The Labute approximate surface area is 69.9 Å². The Morgan fingerprint density at radius 3 is 1.64 bits per heavy atom. The highest BCUT2D eigenvalue weighted by atomic mass is 35.5. The van der Waals surface area contributed by atoms with Crippen molar-refractivity contribution in [2.45, 2.75) is 0 Å². The van der Waals surface area contributed by atoms with Crippen LogP contribution in [0, 0.1) is 0 Å². The quantitative estimate of drug-likeness (QED) is 0.467. The summed E-state index contributed by atoms with van der Waals surface area (Å²) in [7, 11) is -7.73. The van der Waals surface area contributed by atoms with Crippen molar-refractivity contribution in [2.75, 3.05) is 12.5 Å². The van der Waals surface area contributed by atoms with Crippen molar-refractivity contribution < 1.29 is 21.1 Å². The summed E-state index contributed by atoms with van der Waals surface area (Å²) >= 11 is 4.89. The molecule has 0 aromatic heterocycles. The average molecular weight is 224 g/mol. The molecule has 0 amide bonds. The van der Waals surface area contributed by atoms with Crippen LogP contribution in [0.3, 0.4) is 0 Å². The Kier molecular flexibility index (Phi) is 3.27. The third kappa shape index (κ3) is 5.39. The van der Waals surface area contributed by atoms with E-state index in [2.05, 4.69) is 4.28 Å². The van der Waals surface area contributed by atoms with Crippen LogP contribution in [0.25, 0.3) is 0 Å². The van der Waals surface area contributed by atoms with E-state index in [0.29, 0.717) is 12.5 Å². The van der Waals surface area contributed by atoms with E-state index < -0.39 is 20.1 Å². The summed E-state index contributed by atoms with van der Waals surface area (Å²) in [5.41, 5.74) is 0. The topological polar surface area (TPSA) is 80.8 Å². The maximum Gasteiger partial charge on any atom is 0.282 e. The number of hydrogen-bond donors (Lipinski definition) is 0. The third-order valence-corrected chi connectivity index (χ3v) is 2.47. The van der Waals surface area contributed by atoms with Crippen molar-refractivity contribution in [1.29, 1.82) is 0 Å². The van der Waals surface area contributed by atoms with Gasteiger partial charge < -0.3 is 0 Å². The number of nitrogens with zero attached hydrogens (tertiary/aromatic N) is 1. The maximum atomic E-state index is 10.4. The summed E-state index contributed by atoms with van der Waals surface area (Å²) in [5, 5.41) is 0. The SMILES string of the molecule is CS(=O)(=O)ON(Cl)S(C)(=O)=O. The van der Waals surface area contributed by atoms with E-state index in [1.54, 1.807) is 0 Å². The first-order valence-corrected chi connectivity index (χ1v) is 6.19. The molecule has 0 aliphatic carbocycles. The molecule has 0 rings (SSSR count). The van der Waals surface area contributed by atoms with Crippen LogP contribution in [0.2, 0.25) is 0 Å². The predicted octanol–water partition coefficient (Wildman–Crippen LogP) is -0.707. The molecular weight excluding hydrogens is 218 g/mol. The molecule has 0 aliphatic rings. The number of halogens is 1. The lowest BCUT2D eigenvalue weighted by molar-refractivity contribution is 0.144. The van der Waals surface area contributed by atoms with E-state index >= 15 is 0 Å². The molecule has 0 aromatic carbocycles. The van der Waals surface area contributed by atoms with Gasteiger partial charge >= 0.3 is 0 Å². The Hall–Kier alpha value is 0.110. The molecule has 0 aliphatic heterocycles. The zero-order chi connectivity index (χ0) is 9.28. The zero-order valence-corrected chi connectivity index (χ0v) is 8.07. The monoisotopic (exact) mass is 223 g/mol. The molecule has 68 valence electrons. The van der Waals surface area contributed by atoms with Gasteiger partial charge in [-0.15, -0.1) is 4.28 Å². The third-order valence-electron chi connectivity index (χ3n) is 0.455. The number of sulfonamides is 1. The molecule has 0 saturated carbocycles. The van der Waals surface area contributed by atoms with Gasteiger partial charge in [-0.2, -0.15) is 8.42 Å². The van der Waals surface area contributed by atoms with E-state index in [4.69, 9.17) is 11.8 Å². The fourth-order valence-corrected chi connectivity index (χ4v) is 1.46. The van der Waals surface area contributed by atoms with Crippen molar-refractivity contribution in [3.8, 4) is 0 Å². The number of hydrogen-bond acceptors (Lipinski definition) is 5. The van der Waals surface area contributed by atoms with Crippen molar-refractivity contribution in [2.24, 2.45) is 0 Å². The van der Waals surface area contributed by atoms with E-state index in [1.165, 1.54) is 0 Å². The molecule has 0 heterocycles.